The Hall–Kier alpha value is -4.12. The summed E-state index contributed by atoms with van der Waals surface area (Å²) in [5.41, 5.74) is 0.722. The van der Waals surface area contributed by atoms with E-state index in [1.807, 2.05) is 6.92 Å². The third-order valence-corrected chi connectivity index (χ3v) is 4.84. The highest BCUT2D eigenvalue weighted by Gasteiger charge is 2.30. The second kappa shape index (κ2) is 10.4. The molecule has 35 heavy (non-hydrogen) atoms. The Labute approximate surface area is 198 Å². The first kappa shape index (κ1) is 24.0. The molecule has 4 rings (SSSR count). The van der Waals surface area contributed by atoms with Crippen LogP contribution >= 0.6 is 0 Å². The van der Waals surface area contributed by atoms with Crippen LogP contribution < -0.4 is 10.1 Å². The van der Waals surface area contributed by atoms with Gasteiger partial charge in [-0.25, -0.2) is 4.68 Å². The summed E-state index contributed by atoms with van der Waals surface area (Å²) in [7, 11) is 0. The van der Waals surface area contributed by atoms with Gasteiger partial charge in [0.1, 0.15) is 6.61 Å². The molecule has 0 aliphatic rings. The summed E-state index contributed by atoms with van der Waals surface area (Å²) >= 11 is 0. The molecule has 0 unspecified atom stereocenters. The highest BCUT2D eigenvalue weighted by molar-refractivity contribution is 6.02. The number of nitrogens with one attached hydrogen (secondary N) is 1. The number of furan rings is 1. The van der Waals surface area contributed by atoms with Crippen LogP contribution in [0.4, 0.5) is 18.9 Å². The summed E-state index contributed by atoms with van der Waals surface area (Å²) in [4.78, 5) is 16.5. The molecule has 11 heteroatoms. The monoisotopic (exact) mass is 486 g/mol. The van der Waals surface area contributed by atoms with Gasteiger partial charge in [-0.15, -0.1) is 5.10 Å². The molecule has 0 bridgehead atoms. The zero-order chi connectivity index (χ0) is 24.8. The average molecular weight is 486 g/mol. The van der Waals surface area contributed by atoms with E-state index in [0.717, 1.165) is 12.1 Å². The van der Waals surface area contributed by atoms with Crippen molar-refractivity contribution in [3.8, 4) is 23.1 Å². The number of alkyl halides is 3. The summed E-state index contributed by atoms with van der Waals surface area (Å²) in [6, 6.07) is 14.5. The Balaban J connectivity index is 1.60. The molecular formula is C24H21F3N4O4. The van der Waals surface area contributed by atoms with E-state index >= 15 is 0 Å². The Morgan fingerprint density at radius 1 is 1.06 bits per heavy atom. The molecule has 4 aromatic rings. The fraction of sp³-hybridized carbons (Fsp3) is 0.208. The lowest BCUT2D eigenvalue weighted by molar-refractivity contribution is -0.137. The van der Waals surface area contributed by atoms with Crippen molar-refractivity contribution in [1.82, 2.24) is 14.8 Å². The summed E-state index contributed by atoms with van der Waals surface area (Å²) < 4.78 is 56.3. The average Bonchev–Trinajstić information content (AvgIpc) is 3.53. The molecule has 0 aliphatic heterocycles. The predicted octanol–water partition coefficient (Wildman–Crippen LogP) is 5.21. The van der Waals surface area contributed by atoms with E-state index in [1.54, 1.807) is 36.4 Å². The molecule has 182 valence electrons. The fourth-order valence-corrected chi connectivity index (χ4v) is 3.15. The van der Waals surface area contributed by atoms with E-state index in [1.165, 1.54) is 23.1 Å². The van der Waals surface area contributed by atoms with Crippen LogP contribution in [0.2, 0.25) is 0 Å². The van der Waals surface area contributed by atoms with E-state index < -0.39 is 17.6 Å². The topological polar surface area (TPSA) is 91.4 Å². The highest BCUT2D eigenvalue weighted by atomic mass is 19.4. The van der Waals surface area contributed by atoms with E-state index in [2.05, 4.69) is 15.4 Å². The zero-order valence-corrected chi connectivity index (χ0v) is 18.6. The lowest BCUT2D eigenvalue weighted by atomic mass is 10.1. The minimum absolute atomic E-state index is 0.0507. The van der Waals surface area contributed by atoms with Gasteiger partial charge in [-0.3, -0.25) is 4.79 Å². The van der Waals surface area contributed by atoms with Crippen LogP contribution in [-0.4, -0.2) is 40.5 Å². The molecule has 0 radical (unpaired) electrons. The molecule has 2 aromatic heterocycles. The van der Waals surface area contributed by atoms with Gasteiger partial charge >= 0.3 is 12.2 Å². The quantitative estimate of drug-likeness (QED) is 0.327. The SMILES string of the molecule is CCOCCOc1nc(-c2ccc(C(F)(F)F)cc2)n(-c2ccc(NC(=O)c3ccco3)cc2)n1. The minimum Gasteiger partial charge on any atom is -0.460 e. The number of halogens is 3. The number of hydrogen-bond acceptors (Lipinski definition) is 6. The van der Waals surface area contributed by atoms with Gasteiger partial charge in [0, 0.05) is 17.9 Å². The van der Waals surface area contributed by atoms with E-state index in [9.17, 15) is 18.0 Å². The largest absolute Gasteiger partial charge is 0.460 e. The maximum Gasteiger partial charge on any atom is 0.416 e. The first-order valence-corrected chi connectivity index (χ1v) is 10.7. The molecule has 0 saturated heterocycles. The summed E-state index contributed by atoms with van der Waals surface area (Å²) in [6.07, 6.45) is -3.05. The Kier molecular flexibility index (Phi) is 7.16. The van der Waals surface area contributed by atoms with Crippen molar-refractivity contribution in [3.05, 3.63) is 78.3 Å². The molecule has 1 N–H and O–H groups in total. The first-order chi connectivity index (χ1) is 16.8. The molecule has 0 saturated carbocycles. The number of hydrogen-bond donors (Lipinski definition) is 1. The van der Waals surface area contributed by atoms with Crippen LogP contribution in [0.3, 0.4) is 0 Å². The van der Waals surface area contributed by atoms with Crippen molar-refractivity contribution >= 4 is 11.6 Å². The van der Waals surface area contributed by atoms with Crippen molar-refractivity contribution < 1.29 is 31.9 Å². The number of ether oxygens (including phenoxy) is 2. The predicted molar refractivity (Wildman–Crippen MR) is 120 cm³/mol. The summed E-state index contributed by atoms with van der Waals surface area (Å²) in [6.45, 7) is 2.94. The van der Waals surface area contributed by atoms with E-state index in [-0.39, 0.29) is 24.2 Å². The van der Waals surface area contributed by atoms with Crippen molar-refractivity contribution in [2.24, 2.45) is 0 Å². The number of rotatable bonds is 9. The summed E-state index contributed by atoms with van der Waals surface area (Å²) in [5.74, 6) is 0.0558. The fourth-order valence-electron chi connectivity index (χ4n) is 3.15. The Bertz CT molecular complexity index is 1250. The van der Waals surface area contributed by atoms with Crippen molar-refractivity contribution in [3.63, 3.8) is 0 Å². The lowest BCUT2D eigenvalue weighted by Crippen LogP contribution is -2.11. The normalized spacial score (nSPS) is 11.4. The van der Waals surface area contributed by atoms with Gasteiger partial charge in [0.15, 0.2) is 11.6 Å². The van der Waals surface area contributed by atoms with Crippen LogP contribution in [0.5, 0.6) is 6.01 Å². The van der Waals surface area contributed by atoms with Crippen molar-refractivity contribution in [1.29, 1.82) is 0 Å². The van der Waals surface area contributed by atoms with Crippen LogP contribution in [0, 0.1) is 0 Å². The number of amides is 1. The number of nitrogens with zero attached hydrogens (tertiary/aromatic N) is 3. The van der Waals surface area contributed by atoms with Gasteiger partial charge in [0.2, 0.25) is 0 Å². The molecular weight excluding hydrogens is 465 g/mol. The van der Waals surface area contributed by atoms with Gasteiger partial charge in [-0.05, 0) is 55.5 Å². The van der Waals surface area contributed by atoms with Gasteiger partial charge in [0.25, 0.3) is 5.91 Å². The molecule has 0 spiro atoms. The van der Waals surface area contributed by atoms with Crippen LogP contribution in [0.15, 0.2) is 71.3 Å². The van der Waals surface area contributed by atoms with Gasteiger partial charge in [-0.1, -0.05) is 12.1 Å². The Morgan fingerprint density at radius 2 is 1.80 bits per heavy atom. The zero-order valence-electron chi connectivity index (χ0n) is 18.6. The number of benzene rings is 2. The highest BCUT2D eigenvalue weighted by Crippen LogP contribution is 2.31. The smallest absolute Gasteiger partial charge is 0.416 e. The number of anilines is 1. The number of carbonyl (C=O) groups excluding carboxylic acids is 1. The molecule has 0 fully saturated rings. The number of carbonyl (C=O) groups is 1. The maximum atomic E-state index is 13.0. The van der Waals surface area contributed by atoms with Crippen molar-refractivity contribution in [2.45, 2.75) is 13.1 Å². The molecule has 2 heterocycles. The van der Waals surface area contributed by atoms with Crippen LogP contribution in [0.1, 0.15) is 23.0 Å². The van der Waals surface area contributed by atoms with Gasteiger partial charge < -0.3 is 19.2 Å². The second-order valence-corrected chi connectivity index (χ2v) is 7.23. The standard InChI is InChI=1S/C24H21F3N4O4/c1-2-33-14-15-35-23-29-21(16-5-7-17(8-6-16)24(25,26)27)31(30-23)19-11-9-18(10-12-19)28-22(32)20-4-3-13-34-20/h3-13H,2,14-15H2,1H3,(H,28,32). The van der Waals surface area contributed by atoms with Crippen LogP contribution in [0.25, 0.3) is 17.1 Å². The van der Waals surface area contributed by atoms with Gasteiger partial charge in [-0.2, -0.15) is 18.2 Å². The Morgan fingerprint density at radius 3 is 2.43 bits per heavy atom. The number of aromatic nitrogens is 3. The van der Waals surface area contributed by atoms with E-state index in [0.29, 0.717) is 30.2 Å². The lowest BCUT2D eigenvalue weighted by Gasteiger charge is -2.09. The molecule has 8 nitrogen and oxygen atoms in total. The maximum absolute atomic E-state index is 13.0. The third-order valence-electron chi connectivity index (χ3n) is 4.84. The first-order valence-electron chi connectivity index (χ1n) is 10.7. The molecule has 2 aromatic carbocycles. The molecule has 0 aliphatic carbocycles. The summed E-state index contributed by atoms with van der Waals surface area (Å²) in [5, 5.41) is 7.07. The van der Waals surface area contributed by atoms with Crippen LogP contribution in [-0.2, 0) is 10.9 Å². The van der Waals surface area contributed by atoms with Crippen molar-refractivity contribution in [2.75, 3.05) is 25.1 Å². The molecule has 1 amide bonds. The van der Waals surface area contributed by atoms with Gasteiger partial charge in [0.05, 0.1) is 24.1 Å². The second-order valence-electron chi connectivity index (χ2n) is 7.23. The van der Waals surface area contributed by atoms with E-state index in [4.69, 9.17) is 13.9 Å². The third kappa shape index (κ3) is 5.87. The molecule has 0 atom stereocenters. The minimum atomic E-state index is -4.45.